The van der Waals surface area contributed by atoms with Crippen LogP contribution in [0.25, 0.3) is 0 Å². The van der Waals surface area contributed by atoms with Crippen molar-refractivity contribution in [3.8, 4) is 0 Å². The number of esters is 1. The first-order chi connectivity index (χ1) is 13.0. The van der Waals surface area contributed by atoms with Crippen LogP contribution < -0.4 is 4.90 Å². The van der Waals surface area contributed by atoms with Crippen LogP contribution >= 0.6 is 0 Å². The number of nitrogens with zero attached hydrogens (tertiary/aromatic N) is 2. The van der Waals surface area contributed by atoms with Crippen LogP contribution in [0.2, 0.25) is 0 Å². The molecule has 27 heavy (non-hydrogen) atoms. The maximum Gasteiger partial charge on any atom is 0.312 e. The van der Waals surface area contributed by atoms with Crippen LogP contribution in [0.3, 0.4) is 0 Å². The number of carbonyl (C=O) groups excluding carboxylic acids is 1. The summed E-state index contributed by atoms with van der Waals surface area (Å²) in [5.41, 5.74) is 2.51. The molecule has 0 aromatic heterocycles. The fourth-order valence-electron chi connectivity index (χ4n) is 5.46. The van der Waals surface area contributed by atoms with Gasteiger partial charge >= 0.3 is 5.97 Å². The fraction of sp³-hybridized carbons (Fsp3) is 0.696. The molecule has 4 rings (SSSR count). The molecular formula is C23H34N2O2. The number of aryl methyl sites for hydroxylation is 1. The van der Waals surface area contributed by atoms with Crippen molar-refractivity contribution in [1.82, 2.24) is 4.90 Å². The highest BCUT2D eigenvalue weighted by atomic mass is 16.6. The standard InChI is InChI=1S/C23H34N2O2/c1-4-23(5-2)12-21(27-22(23)26)9-10-24-13-18-15-25(16-19(18)14-24)20-8-6-7-17(3)11-20/h6-8,11,18-19,21H,4-5,9-10,12-16H2,1-3H3. The summed E-state index contributed by atoms with van der Waals surface area (Å²) in [5.74, 6) is 1.61. The van der Waals surface area contributed by atoms with E-state index in [1.807, 2.05) is 0 Å². The molecule has 0 saturated carbocycles. The number of rotatable bonds is 6. The Kier molecular flexibility index (Phi) is 5.19. The number of anilines is 1. The summed E-state index contributed by atoms with van der Waals surface area (Å²) in [5, 5.41) is 0. The summed E-state index contributed by atoms with van der Waals surface area (Å²) < 4.78 is 5.73. The van der Waals surface area contributed by atoms with Gasteiger partial charge in [-0.15, -0.1) is 0 Å². The molecule has 1 aromatic rings. The van der Waals surface area contributed by atoms with Crippen molar-refractivity contribution in [3.63, 3.8) is 0 Å². The van der Waals surface area contributed by atoms with Crippen LogP contribution in [0.4, 0.5) is 5.69 Å². The van der Waals surface area contributed by atoms with Gasteiger partial charge in [-0.05, 0) is 55.7 Å². The Balaban J connectivity index is 1.26. The second-order valence-corrected chi connectivity index (χ2v) is 9.03. The fourth-order valence-corrected chi connectivity index (χ4v) is 5.46. The van der Waals surface area contributed by atoms with Gasteiger partial charge in [0, 0.05) is 44.8 Å². The maximum absolute atomic E-state index is 12.3. The summed E-state index contributed by atoms with van der Waals surface area (Å²) in [6, 6.07) is 8.89. The molecule has 4 nitrogen and oxygen atoms in total. The number of ether oxygens (including phenoxy) is 1. The highest BCUT2D eigenvalue weighted by Gasteiger charge is 2.46. The zero-order chi connectivity index (χ0) is 19.0. The normalized spacial score (nSPS) is 30.0. The van der Waals surface area contributed by atoms with Crippen molar-refractivity contribution < 1.29 is 9.53 Å². The number of carbonyl (C=O) groups is 1. The van der Waals surface area contributed by atoms with Crippen molar-refractivity contribution in [3.05, 3.63) is 29.8 Å². The zero-order valence-electron chi connectivity index (χ0n) is 17.1. The van der Waals surface area contributed by atoms with Gasteiger partial charge < -0.3 is 14.5 Å². The van der Waals surface area contributed by atoms with E-state index in [1.54, 1.807) is 0 Å². The Hall–Kier alpha value is -1.55. The Bertz CT molecular complexity index is 671. The molecule has 0 spiro atoms. The lowest BCUT2D eigenvalue weighted by Crippen LogP contribution is -2.30. The van der Waals surface area contributed by atoms with E-state index in [0.717, 1.165) is 44.1 Å². The van der Waals surface area contributed by atoms with Crippen LogP contribution in [0, 0.1) is 24.2 Å². The average Bonchev–Trinajstić information content (AvgIpc) is 3.31. The smallest absolute Gasteiger partial charge is 0.312 e. The lowest BCUT2D eigenvalue weighted by Gasteiger charge is -2.24. The quantitative estimate of drug-likeness (QED) is 0.712. The third kappa shape index (κ3) is 3.61. The third-order valence-electron chi connectivity index (χ3n) is 7.37. The van der Waals surface area contributed by atoms with E-state index in [9.17, 15) is 4.79 Å². The topological polar surface area (TPSA) is 32.8 Å². The zero-order valence-corrected chi connectivity index (χ0v) is 17.1. The summed E-state index contributed by atoms with van der Waals surface area (Å²) in [4.78, 5) is 17.4. The number of cyclic esters (lactones) is 1. The Morgan fingerprint density at radius 2 is 1.81 bits per heavy atom. The molecule has 148 valence electrons. The first kappa shape index (κ1) is 18.8. The number of hydrogen-bond acceptors (Lipinski definition) is 4. The Morgan fingerprint density at radius 1 is 1.11 bits per heavy atom. The highest BCUT2D eigenvalue weighted by Crippen LogP contribution is 2.41. The third-order valence-corrected chi connectivity index (χ3v) is 7.37. The van der Waals surface area contributed by atoms with Crippen LogP contribution in [-0.4, -0.2) is 49.7 Å². The molecule has 3 fully saturated rings. The molecule has 3 aliphatic heterocycles. The number of fused-ring (bicyclic) bond motifs is 1. The van der Waals surface area contributed by atoms with E-state index >= 15 is 0 Å². The van der Waals surface area contributed by atoms with Gasteiger partial charge in [-0.1, -0.05) is 26.0 Å². The molecule has 4 heteroatoms. The predicted molar refractivity (Wildman–Crippen MR) is 109 cm³/mol. The molecule has 3 unspecified atom stereocenters. The maximum atomic E-state index is 12.3. The van der Waals surface area contributed by atoms with Gasteiger partial charge in [0.25, 0.3) is 0 Å². The van der Waals surface area contributed by atoms with Crippen molar-refractivity contribution >= 4 is 11.7 Å². The summed E-state index contributed by atoms with van der Waals surface area (Å²) >= 11 is 0. The number of hydrogen-bond donors (Lipinski definition) is 0. The number of likely N-dealkylation sites (tertiary alicyclic amines) is 1. The lowest BCUT2D eigenvalue weighted by atomic mass is 9.79. The molecule has 1 aromatic carbocycles. The Labute approximate surface area is 163 Å². The van der Waals surface area contributed by atoms with E-state index in [0.29, 0.717) is 0 Å². The summed E-state index contributed by atoms with van der Waals surface area (Å²) in [6.07, 6.45) is 3.85. The molecular weight excluding hydrogens is 336 g/mol. The molecule has 0 aliphatic carbocycles. The molecule has 3 saturated heterocycles. The monoisotopic (exact) mass is 370 g/mol. The molecule has 3 heterocycles. The SMILES string of the molecule is CCC1(CC)CC(CCN2CC3CN(c4cccc(C)c4)CC3C2)OC1=O. The van der Waals surface area contributed by atoms with Gasteiger partial charge in [0.05, 0.1) is 5.41 Å². The highest BCUT2D eigenvalue weighted by molar-refractivity contribution is 5.78. The van der Waals surface area contributed by atoms with E-state index in [2.05, 4.69) is 54.8 Å². The van der Waals surface area contributed by atoms with Crippen molar-refractivity contribution in [1.29, 1.82) is 0 Å². The lowest BCUT2D eigenvalue weighted by molar-refractivity contribution is -0.149. The van der Waals surface area contributed by atoms with Crippen LogP contribution in [0.1, 0.15) is 45.1 Å². The van der Waals surface area contributed by atoms with Crippen LogP contribution in [0.15, 0.2) is 24.3 Å². The van der Waals surface area contributed by atoms with E-state index in [4.69, 9.17) is 4.74 Å². The van der Waals surface area contributed by atoms with Gasteiger partial charge in [0.1, 0.15) is 6.10 Å². The van der Waals surface area contributed by atoms with E-state index in [1.165, 1.54) is 37.4 Å². The average molecular weight is 371 g/mol. The summed E-state index contributed by atoms with van der Waals surface area (Å²) in [6.45, 7) is 12.2. The van der Waals surface area contributed by atoms with Gasteiger partial charge in [-0.3, -0.25) is 4.79 Å². The molecule has 0 amide bonds. The molecule has 3 aliphatic rings. The molecule has 0 N–H and O–H groups in total. The van der Waals surface area contributed by atoms with Gasteiger partial charge in [-0.2, -0.15) is 0 Å². The number of benzene rings is 1. The summed E-state index contributed by atoms with van der Waals surface area (Å²) in [7, 11) is 0. The minimum Gasteiger partial charge on any atom is -0.462 e. The predicted octanol–water partition coefficient (Wildman–Crippen LogP) is 3.88. The van der Waals surface area contributed by atoms with Gasteiger partial charge in [0.2, 0.25) is 0 Å². The van der Waals surface area contributed by atoms with E-state index < -0.39 is 0 Å². The van der Waals surface area contributed by atoms with Gasteiger partial charge in [-0.25, -0.2) is 0 Å². The Morgan fingerprint density at radius 3 is 2.41 bits per heavy atom. The first-order valence-corrected chi connectivity index (χ1v) is 10.8. The molecule has 3 atom stereocenters. The second-order valence-electron chi connectivity index (χ2n) is 9.03. The van der Waals surface area contributed by atoms with Crippen molar-refractivity contribution in [2.24, 2.45) is 17.3 Å². The van der Waals surface area contributed by atoms with Gasteiger partial charge in [0.15, 0.2) is 0 Å². The largest absolute Gasteiger partial charge is 0.462 e. The molecule has 0 radical (unpaired) electrons. The van der Waals surface area contributed by atoms with Crippen LogP contribution in [0.5, 0.6) is 0 Å². The minimum absolute atomic E-state index is 0.0459. The van der Waals surface area contributed by atoms with E-state index in [-0.39, 0.29) is 17.5 Å². The first-order valence-electron chi connectivity index (χ1n) is 10.8. The van der Waals surface area contributed by atoms with Crippen LogP contribution in [-0.2, 0) is 9.53 Å². The van der Waals surface area contributed by atoms with Crippen molar-refractivity contribution in [2.45, 2.75) is 52.6 Å². The second kappa shape index (κ2) is 7.46. The minimum atomic E-state index is -0.208. The molecule has 0 bridgehead atoms. The van der Waals surface area contributed by atoms with Crippen molar-refractivity contribution in [2.75, 3.05) is 37.6 Å².